The number of nitrogens with zero attached hydrogens (tertiary/aromatic N) is 1. The molecular formula is C25H33F6IN2O3. The molecule has 0 bridgehead atoms. The van der Waals surface area contributed by atoms with Crippen molar-refractivity contribution in [2.75, 3.05) is 36.0 Å². The van der Waals surface area contributed by atoms with E-state index in [4.69, 9.17) is 4.74 Å². The molecule has 1 atom stereocenters. The lowest BCUT2D eigenvalue weighted by Crippen LogP contribution is -2.40. The number of piperidine rings is 1. The molecule has 1 saturated heterocycles. The number of amides is 2. The Kier molecular flexibility index (Phi) is 12.0. The molecule has 1 unspecified atom stereocenters. The van der Waals surface area contributed by atoms with Crippen LogP contribution in [0.3, 0.4) is 0 Å². The highest BCUT2D eigenvalue weighted by Crippen LogP contribution is 2.37. The number of hydrogen-bond acceptors (Lipinski definition) is 3. The number of likely N-dealkylation sites (tertiary alicyclic amines) is 1. The van der Waals surface area contributed by atoms with Gasteiger partial charge in [-0.15, -0.1) is 0 Å². The third kappa shape index (κ3) is 11.0. The Balaban J connectivity index is 1.75. The molecule has 2 rings (SSSR count). The first-order valence-corrected chi connectivity index (χ1v) is 13.7. The highest BCUT2D eigenvalue weighted by Gasteiger charge is 2.37. The van der Waals surface area contributed by atoms with Gasteiger partial charge in [-0.1, -0.05) is 36.4 Å². The van der Waals surface area contributed by atoms with E-state index in [1.165, 1.54) is 0 Å². The minimum atomic E-state index is -4.99. The molecule has 1 aliphatic heterocycles. The van der Waals surface area contributed by atoms with Gasteiger partial charge in [0.2, 0.25) is 11.8 Å². The molecular weight excluding hydrogens is 617 g/mol. The highest BCUT2D eigenvalue weighted by atomic mass is 127. The number of carbonyl (C=O) groups is 2. The average molecular weight is 650 g/mol. The molecule has 1 fully saturated rings. The Bertz CT molecular complexity index is 867. The van der Waals surface area contributed by atoms with Crippen molar-refractivity contribution in [2.45, 2.75) is 58.3 Å². The normalized spacial score (nSPS) is 16.2. The van der Waals surface area contributed by atoms with Crippen molar-refractivity contribution in [1.82, 2.24) is 4.90 Å². The lowest BCUT2D eigenvalue weighted by Gasteiger charge is -2.33. The predicted molar refractivity (Wildman–Crippen MR) is 136 cm³/mol. The summed E-state index contributed by atoms with van der Waals surface area (Å²) < 4.78 is 84.2. The Hall–Kier alpha value is -1.57. The number of benzene rings is 1. The van der Waals surface area contributed by atoms with E-state index >= 15 is 0 Å². The summed E-state index contributed by atoms with van der Waals surface area (Å²) in [6.07, 6.45) is -7.10. The van der Waals surface area contributed by atoms with E-state index < -0.39 is 35.1 Å². The molecule has 0 spiro atoms. The summed E-state index contributed by atoms with van der Waals surface area (Å²) in [4.78, 5) is 26.6. The Morgan fingerprint density at radius 2 is 1.62 bits per heavy atom. The van der Waals surface area contributed by atoms with Crippen LogP contribution >= 0.6 is 22.6 Å². The molecule has 0 saturated carbocycles. The van der Waals surface area contributed by atoms with Gasteiger partial charge >= 0.3 is 12.4 Å². The number of rotatable bonds is 11. The van der Waals surface area contributed by atoms with E-state index in [0.717, 1.165) is 23.7 Å². The summed E-state index contributed by atoms with van der Waals surface area (Å²) in [7, 11) is 0. The Morgan fingerprint density at radius 3 is 2.11 bits per heavy atom. The minimum Gasteiger partial charge on any atom is -0.381 e. The van der Waals surface area contributed by atoms with Crippen LogP contribution in [0.15, 0.2) is 18.2 Å². The van der Waals surface area contributed by atoms with Crippen LogP contribution < -0.4 is 5.32 Å². The second kappa shape index (κ2) is 14.0. The zero-order valence-corrected chi connectivity index (χ0v) is 23.0. The van der Waals surface area contributed by atoms with Gasteiger partial charge in [0.1, 0.15) is 0 Å². The molecule has 0 aliphatic carbocycles. The monoisotopic (exact) mass is 650 g/mol. The van der Waals surface area contributed by atoms with E-state index in [9.17, 15) is 35.9 Å². The first-order valence-electron chi connectivity index (χ1n) is 12.2. The number of hydrogen-bond donors (Lipinski definition) is 1. The summed E-state index contributed by atoms with van der Waals surface area (Å²) in [6.45, 7) is 5.91. The highest BCUT2D eigenvalue weighted by molar-refractivity contribution is 14.1. The summed E-state index contributed by atoms with van der Waals surface area (Å²) in [5.41, 5.74) is -3.57. The van der Waals surface area contributed by atoms with E-state index in [-0.39, 0.29) is 30.9 Å². The molecule has 1 aliphatic rings. The van der Waals surface area contributed by atoms with Crippen LogP contribution in [0.5, 0.6) is 0 Å². The topological polar surface area (TPSA) is 58.6 Å². The van der Waals surface area contributed by atoms with E-state index in [2.05, 4.69) is 41.8 Å². The van der Waals surface area contributed by atoms with Crippen molar-refractivity contribution >= 4 is 40.1 Å². The molecule has 2 amide bonds. The van der Waals surface area contributed by atoms with Crippen molar-refractivity contribution < 1.29 is 40.7 Å². The second-order valence-electron chi connectivity index (χ2n) is 9.85. The number of alkyl halides is 7. The van der Waals surface area contributed by atoms with Gasteiger partial charge in [-0.2, -0.15) is 26.3 Å². The minimum absolute atomic E-state index is 0.00507. The van der Waals surface area contributed by atoms with Crippen LogP contribution in [0.2, 0.25) is 0 Å². The largest absolute Gasteiger partial charge is 0.416 e. The number of nitrogens with one attached hydrogen (secondary N) is 1. The maximum absolute atomic E-state index is 13.0. The first-order chi connectivity index (χ1) is 17.2. The molecule has 1 aromatic carbocycles. The van der Waals surface area contributed by atoms with Gasteiger partial charge in [-0.05, 0) is 55.2 Å². The molecule has 0 radical (unpaired) electrons. The van der Waals surface area contributed by atoms with E-state index in [1.807, 2.05) is 4.90 Å². The van der Waals surface area contributed by atoms with Crippen LogP contribution in [0, 0.1) is 17.8 Å². The summed E-state index contributed by atoms with van der Waals surface area (Å²) in [5, 5.41) is 2.09. The van der Waals surface area contributed by atoms with Gasteiger partial charge in [-0.25, -0.2) is 0 Å². The SMILES string of the molecule is CC(C)CC(CI)CC(=O)N1CCC(COCCC(=O)Nc2cc(C(F)(F)F)cc(C(F)(F)F)c2)CC1. The maximum Gasteiger partial charge on any atom is 0.416 e. The smallest absolute Gasteiger partial charge is 0.381 e. The van der Waals surface area contributed by atoms with Gasteiger partial charge in [0.15, 0.2) is 0 Å². The third-order valence-electron chi connectivity index (χ3n) is 6.15. The molecule has 1 N–H and O–H groups in total. The van der Waals surface area contributed by atoms with Gasteiger partial charge in [-0.3, -0.25) is 9.59 Å². The van der Waals surface area contributed by atoms with Crippen LogP contribution in [-0.4, -0.2) is 47.4 Å². The zero-order valence-electron chi connectivity index (χ0n) is 20.9. The fourth-order valence-corrected chi connectivity index (χ4v) is 4.93. The molecule has 37 heavy (non-hydrogen) atoms. The number of anilines is 1. The summed E-state index contributed by atoms with van der Waals surface area (Å²) in [6, 6.07) is 0.938. The van der Waals surface area contributed by atoms with Crippen LogP contribution in [0.25, 0.3) is 0 Å². The van der Waals surface area contributed by atoms with Crippen molar-refractivity contribution in [1.29, 1.82) is 0 Å². The second-order valence-corrected chi connectivity index (χ2v) is 10.7. The van der Waals surface area contributed by atoms with Crippen LogP contribution in [0.1, 0.15) is 57.1 Å². The number of halogens is 7. The van der Waals surface area contributed by atoms with Crippen molar-refractivity contribution in [2.24, 2.45) is 17.8 Å². The van der Waals surface area contributed by atoms with Crippen LogP contribution in [-0.2, 0) is 26.7 Å². The fourth-order valence-electron chi connectivity index (χ4n) is 4.26. The summed E-state index contributed by atoms with van der Waals surface area (Å²) in [5.74, 6) is 0.540. The molecule has 210 valence electrons. The molecule has 1 heterocycles. The van der Waals surface area contributed by atoms with Crippen LogP contribution in [0.4, 0.5) is 32.0 Å². The standard InChI is InChI=1S/C25H33F6IN2O3/c1-16(2)9-18(14-32)10-23(36)34-6-3-17(4-7-34)15-37-8-5-22(35)33-21-12-19(24(26,27)28)11-20(13-21)25(29,30)31/h11-13,16-18H,3-10,14-15H2,1-2H3,(H,33,35). The molecule has 1 aromatic rings. The Labute approximate surface area is 226 Å². The van der Waals surface area contributed by atoms with Gasteiger partial charge < -0.3 is 15.0 Å². The number of ether oxygens (including phenoxy) is 1. The van der Waals surface area contributed by atoms with Gasteiger partial charge in [0.05, 0.1) is 24.2 Å². The summed E-state index contributed by atoms with van der Waals surface area (Å²) >= 11 is 2.32. The predicted octanol–water partition coefficient (Wildman–Crippen LogP) is 6.80. The average Bonchev–Trinajstić information content (AvgIpc) is 2.80. The van der Waals surface area contributed by atoms with Gasteiger partial charge in [0.25, 0.3) is 0 Å². The van der Waals surface area contributed by atoms with Crippen molar-refractivity contribution in [3.05, 3.63) is 29.3 Å². The quantitative estimate of drug-likeness (QED) is 0.124. The molecule has 12 heteroatoms. The third-order valence-corrected chi connectivity index (χ3v) is 7.40. The molecule has 5 nitrogen and oxygen atoms in total. The Morgan fingerprint density at radius 1 is 1.05 bits per heavy atom. The fraction of sp³-hybridized carbons (Fsp3) is 0.680. The van der Waals surface area contributed by atoms with Crippen molar-refractivity contribution in [3.63, 3.8) is 0 Å². The molecule has 0 aromatic heterocycles. The van der Waals surface area contributed by atoms with Crippen molar-refractivity contribution in [3.8, 4) is 0 Å². The van der Waals surface area contributed by atoms with E-state index in [0.29, 0.717) is 50.1 Å². The van der Waals surface area contributed by atoms with E-state index in [1.54, 1.807) is 0 Å². The number of carbonyl (C=O) groups excluding carboxylic acids is 2. The first kappa shape index (κ1) is 31.6. The van der Waals surface area contributed by atoms with Gasteiger partial charge in [0, 0.05) is 36.2 Å². The maximum atomic E-state index is 13.0. The lowest BCUT2D eigenvalue weighted by molar-refractivity contribution is -0.143. The lowest BCUT2D eigenvalue weighted by atomic mass is 9.94. The zero-order chi connectivity index (χ0) is 27.8.